The first-order valence-corrected chi connectivity index (χ1v) is 5.46. The maximum Gasteiger partial charge on any atom is 0.242 e. The van der Waals surface area contributed by atoms with Crippen molar-refractivity contribution in [2.24, 2.45) is 0 Å². The molecule has 1 aliphatic rings. The molecule has 86 valence electrons. The van der Waals surface area contributed by atoms with Crippen molar-refractivity contribution in [2.75, 3.05) is 25.2 Å². The molecule has 0 saturated carbocycles. The number of hydrogen-bond donors (Lipinski definition) is 1. The van der Waals surface area contributed by atoms with Gasteiger partial charge in [-0.3, -0.25) is 14.8 Å². The second-order valence-electron chi connectivity index (χ2n) is 3.93. The molecule has 1 heterocycles. The number of carbonyl (C=O) groups is 1. The normalized spacial score (nSPS) is 16.0. The highest BCUT2D eigenvalue weighted by atomic mass is 16.3. The monoisotopic (exact) mass is 220 g/mol. The van der Waals surface area contributed by atoms with Crippen LogP contribution in [-0.4, -0.2) is 36.2 Å². The Bertz CT molecular complexity index is 392. The van der Waals surface area contributed by atoms with Crippen LogP contribution in [0.15, 0.2) is 24.3 Å². The third kappa shape index (κ3) is 2.02. The standard InChI is InChI=1S/C12H16N2O2/c1-13-12(16)5-7-14(13)11-4-2-3-10(9-11)6-8-15/h2-4,9,15H,5-8H2,1H3. The molecule has 1 aromatic carbocycles. The molecule has 1 aromatic rings. The van der Waals surface area contributed by atoms with Gasteiger partial charge in [-0.15, -0.1) is 0 Å². The van der Waals surface area contributed by atoms with E-state index in [1.165, 1.54) is 0 Å². The second-order valence-corrected chi connectivity index (χ2v) is 3.93. The van der Waals surface area contributed by atoms with Crippen LogP contribution in [0.25, 0.3) is 0 Å². The largest absolute Gasteiger partial charge is 0.396 e. The predicted molar refractivity (Wildman–Crippen MR) is 62.0 cm³/mol. The third-order valence-electron chi connectivity index (χ3n) is 2.87. The number of nitrogens with zero attached hydrogens (tertiary/aromatic N) is 2. The Kier molecular flexibility index (Phi) is 3.10. The molecule has 0 aliphatic carbocycles. The fraction of sp³-hybridized carbons (Fsp3) is 0.417. The molecule has 0 unspecified atom stereocenters. The summed E-state index contributed by atoms with van der Waals surface area (Å²) in [7, 11) is 1.79. The first kappa shape index (κ1) is 11.0. The van der Waals surface area contributed by atoms with Gasteiger partial charge in [0.25, 0.3) is 0 Å². The number of aliphatic hydroxyl groups is 1. The van der Waals surface area contributed by atoms with Gasteiger partial charge in [-0.1, -0.05) is 12.1 Å². The van der Waals surface area contributed by atoms with Crippen LogP contribution in [0.4, 0.5) is 5.69 Å². The summed E-state index contributed by atoms with van der Waals surface area (Å²) in [5.74, 6) is 0.146. The van der Waals surface area contributed by atoms with Crippen LogP contribution in [0.1, 0.15) is 12.0 Å². The molecule has 1 fully saturated rings. The van der Waals surface area contributed by atoms with E-state index in [9.17, 15) is 4.79 Å². The summed E-state index contributed by atoms with van der Waals surface area (Å²) in [4.78, 5) is 11.4. The smallest absolute Gasteiger partial charge is 0.242 e. The fourth-order valence-corrected chi connectivity index (χ4v) is 1.95. The summed E-state index contributed by atoms with van der Waals surface area (Å²) >= 11 is 0. The average Bonchev–Trinajstić information content (AvgIpc) is 2.61. The summed E-state index contributed by atoms with van der Waals surface area (Å²) in [5, 5.41) is 12.5. The molecule has 0 radical (unpaired) electrons. The van der Waals surface area contributed by atoms with Crippen LogP contribution >= 0.6 is 0 Å². The van der Waals surface area contributed by atoms with E-state index in [1.54, 1.807) is 12.1 Å². The van der Waals surface area contributed by atoms with E-state index in [-0.39, 0.29) is 12.5 Å². The van der Waals surface area contributed by atoms with Crippen LogP contribution in [0, 0.1) is 0 Å². The highest BCUT2D eigenvalue weighted by Gasteiger charge is 2.25. The Morgan fingerprint density at radius 2 is 2.25 bits per heavy atom. The van der Waals surface area contributed by atoms with E-state index in [4.69, 9.17) is 5.11 Å². The van der Waals surface area contributed by atoms with Crippen LogP contribution < -0.4 is 5.01 Å². The zero-order valence-corrected chi connectivity index (χ0v) is 9.39. The van der Waals surface area contributed by atoms with E-state index in [0.29, 0.717) is 12.8 Å². The molecule has 0 bridgehead atoms. The number of carbonyl (C=O) groups excluding carboxylic acids is 1. The summed E-state index contributed by atoms with van der Waals surface area (Å²) in [6.07, 6.45) is 1.22. The van der Waals surface area contributed by atoms with Gasteiger partial charge < -0.3 is 5.11 Å². The van der Waals surface area contributed by atoms with Gasteiger partial charge in [-0.25, -0.2) is 0 Å². The molecule has 1 saturated heterocycles. The predicted octanol–water partition coefficient (Wildman–Crippen LogP) is 0.805. The molecule has 16 heavy (non-hydrogen) atoms. The minimum absolute atomic E-state index is 0.146. The zero-order chi connectivity index (χ0) is 11.5. The van der Waals surface area contributed by atoms with Crippen molar-refractivity contribution in [3.63, 3.8) is 0 Å². The molecule has 0 aromatic heterocycles. The molecule has 1 aliphatic heterocycles. The van der Waals surface area contributed by atoms with Crippen molar-refractivity contribution in [2.45, 2.75) is 12.8 Å². The number of amides is 1. The van der Waals surface area contributed by atoms with E-state index in [1.807, 2.05) is 29.3 Å². The molecule has 1 N–H and O–H groups in total. The van der Waals surface area contributed by atoms with Gasteiger partial charge in [0.15, 0.2) is 0 Å². The Hall–Kier alpha value is -1.55. The molecule has 2 rings (SSSR count). The van der Waals surface area contributed by atoms with Gasteiger partial charge in [0, 0.05) is 26.6 Å². The lowest BCUT2D eigenvalue weighted by atomic mass is 10.1. The lowest BCUT2D eigenvalue weighted by Gasteiger charge is -2.26. The van der Waals surface area contributed by atoms with Crippen molar-refractivity contribution in [3.05, 3.63) is 29.8 Å². The number of benzene rings is 1. The number of anilines is 1. The molecule has 0 atom stereocenters. The van der Waals surface area contributed by atoms with Gasteiger partial charge in [-0.05, 0) is 24.1 Å². The molecular weight excluding hydrogens is 204 g/mol. The third-order valence-corrected chi connectivity index (χ3v) is 2.87. The Morgan fingerprint density at radius 1 is 1.44 bits per heavy atom. The SMILES string of the molecule is CN1C(=O)CCN1c1cccc(CCO)c1. The van der Waals surface area contributed by atoms with E-state index >= 15 is 0 Å². The summed E-state index contributed by atoms with van der Waals surface area (Å²) < 4.78 is 0. The quantitative estimate of drug-likeness (QED) is 0.819. The Labute approximate surface area is 95.1 Å². The summed E-state index contributed by atoms with van der Waals surface area (Å²) in [6, 6.07) is 7.94. The number of hydrogen-bond acceptors (Lipinski definition) is 3. The van der Waals surface area contributed by atoms with Crippen LogP contribution in [0.2, 0.25) is 0 Å². The van der Waals surface area contributed by atoms with Crippen molar-refractivity contribution in [1.29, 1.82) is 0 Å². The lowest BCUT2D eigenvalue weighted by molar-refractivity contribution is -0.126. The molecule has 4 nitrogen and oxygen atoms in total. The van der Waals surface area contributed by atoms with E-state index < -0.39 is 0 Å². The first-order chi connectivity index (χ1) is 7.72. The average molecular weight is 220 g/mol. The highest BCUT2D eigenvalue weighted by Crippen LogP contribution is 2.22. The van der Waals surface area contributed by atoms with Gasteiger partial charge in [0.05, 0.1) is 5.69 Å². The Morgan fingerprint density at radius 3 is 2.88 bits per heavy atom. The lowest BCUT2D eigenvalue weighted by Crippen LogP contribution is -2.35. The van der Waals surface area contributed by atoms with Crippen molar-refractivity contribution < 1.29 is 9.90 Å². The highest BCUT2D eigenvalue weighted by molar-refractivity contribution is 5.81. The van der Waals surface area contributed by atoms with Crippen LogP contribution in [0.3, 0.4) is 0 Å². The maximum atomic E-state index is 11.4. The molecule has 1 amide bonds. The van der Waals surface area contributed by atoms with Crippen molar-refractivity contribution in [3.8, 4) is 0 Å². The second kappa shape index (κ2) is 4.53. The van der Waals surface area contributed by atoms with Gasteiger partial charge in [0.1, 0.15) is 0 Å². The molecule has 0 spiro atoms. The molecule has 4 heteroatoms. The maximum absolute atomic E-state index is 11.4. The van der Waals surface area contributed by atoms with Gasteiger partial charge in [0.2, 0.25) is 5.91 Å². The Balaban J connectivity index is 2.20. The van der Waals surface area contributed by atoms with E-state index in [2.05, 4.69) is 0 Å². The summed E-state index contributed by atoms with van der Waals surface area (Å²) in [5.41, 5.74) is 2.10. The topological polar surface area (TPSA) is 43.8 Å². The molecular formula is C12H16N2O2. The number of aliphatic hydroxyl groups excluding tert-OH is 1. The van der Waals surface area contributed by atoms with Crippen LogP contribution in [0.5, 0.6) is 0 Å². The minimum Gasteiger partial charge on any atom is -0.396 e. The zero-order valence-electron chi connectivity index (χ0n) is 9.39. The van der Waals surface area contributed by atoms with Crippen molar-refractivity contribution >= 4 is 11.6 Å². The number of hydrazine groups is 1. The fourth-order valence-electron chi connectivity index (χ4n) is 1.95. The van der Waals surface area contributed by atoms with E-state index in [0.717, 1.165) is 17.8 Å². The van der Waals surface area contributed by atoms with Crippen LogP contribution in [-0.2, 0) is 11.2 Å². The summed E-state index contributed by atoms with van der Waals surface area (Å²) in [6.45, 7) is 0.885. The van der Waals surface area contributed by atoms with Crippen molar-refractivity contribution in [1.82, 2.24) is 5.01 Å². The van der Waals surface area contributed by atoms with Gasteiger partial charge in [-0.2, -0.15) is 0 Å². The first-order valence-electron chi connectivity index (χ1n) is 5.46. The van der Waals surface area contributed by atoms with Gasteiger partial charge >= 0.3 is 0 Å². The minimum atomic E-state index is 0.146. The number of rotatable bonds is 3.